The van der Waals surface area contributed by atoms with E-state index in [2.05, 4.69) is 5.32 Å². The van der Waals surface area contributed by atoms with Gasteiger partial charge in [-0.15, -0.1) is 0 Å². The Morgan fingerprint density at radius 1 is 1.15 bits per heavy atom. The minimum Gasteiger partial charge on any atom is -0.489 e. The Bertz CT molecular complexity index is 586. The van der Waals surface area contributed by atoms with Crippen LogP contribution in [0.4, 0.5) is 5.69 Å². The normalized spacial score (nSPS) is 12.0. The monoisotopic (exact) mass is 309 g/mol. The fourth-order valence-electron chi connectivity index (χ4n) is 1.86. The van der Waals surface area contributed by atoms with Gasteiger partial charge in [0.15, 0.2) is 0 Å². The van der Waals surface area contributed by atoms with Crippen LogP contribution in [0.1, 0.15) is 12.5 Å². The van der Waals surface area contributed by atoms with Crippen LogP contribution in [-0.4, -0.2) is 12.6 Å². The Morgan fingerprint density at radius 3 is 2.65 bits per heavy atom. The van der Waals surface area contributed by atoms with E-state index in [1.165, 1.54) is 5.56 Å². The van der Waals surface area contributed by atoms with E-state index in [0.29, 0.717) is 16.6 Å². The standard InChI is InChI=1S/C16H17Cl2NO/c1-11-5-3-6-13(9-11)20-12(2)10-19-15-8-4-7-14(17)16(15)18/h3-9,12,19H,10H2,1-2H3. The second-order valence-electron chi connectivity index (χ2n) is 4.73. The maximum Gasteiger partial charge on any atom is 0.120 e. The largest absolute Gasteiger partial charge is 0.489 e. The number of halogens is 2. The summed E-state index contributed by atoms with van der Waals surface area (Å²) in [6, 6.07) is 13.5. The van der Waals surface area contributed by atoms with Crippen molar-refractivity contribution < 1.29 is 4.74 Å². The molecule has 2 nitrogen and oxygen atoms in total. The molecular formula is C16H17Cl2NO. The van der Waals surface area contributed by atoms with E-state index in [0.717, 1.165) is 11.4 Å². The summed E-state index contributed by atoms with van der Waals surface area (Å²) in [5, 5.41) is 4.33. The molecule has 0 bridgehead atoms. The highest BCUT2D eigenvalue weighted by Gasteiger charge is 2.07. The second kappa shape index (κ2) is 6.87. The van der Waals surface area contributed by atoms with Crippen LogP contribution in [0.15, 0.2) is 42.5 Å². The first-order chi connectivity index (χ1) is 9.56. The van der Waals surface area contributed by atoms with E-state index >= 15 is 0 Å². The van der Waals surface area contributed by atoms with E-state index in [9.17, 15) is 0 Å². The predicted octanol–water partition coefficient (Wildman–Crippen LogP) is 5.18. The summed E-state index contributed by atoms with van der Waals surface area (Å²) in [6.07, 6.45) is 0.0202. The third-order valence-corrected chi connectivity index (χ3v) is 3.68. The molecule has 0 amide bonds. The average Bonchev–Trinajstić information content (AvgIpc) is 2.40. The lowest BCUT2D eigenvalue weighted by molar-refractivity contribution is 0.234. The minimum absolute atomic E-state index is 0.0202. The predicted molar refractivity (Wildman–Crippen MR) is 86.2 cm³/mol. The maximum absolute atomic E-state index is 6.12. The van der Waals surface area contributed by atoms with Crippen LogP contribution in [0.3, 0.4) is 0 Å². The SMILES string of the molecule is Cc1cccc(OC(C)CNc2cccc(Cl)c2Cl)c1. The number of aryl methyl sites for hydroxylation is 1. The number of hydrogen-bond donors (Lipinski definition) is 1. The number of ether oxygens (including phenoxy) is 1. The van der Waals surface area contributed by atoms with E-state index in [-0.39, 0.29) is 6.10 Å². The first-order valence-electron chi connectivity index (χ1n) is 6.47. The Morgan fingerprint density at radius 2 is 1.90 bits per heavy atom. The lowest BCUT2D eigenvalue weighted by atomic mass is 10.2. The molecular weight excluding hydrogens is 293 g/mol. The third-order valence-electron chi connectivity index (χ3n) is 2.86. The van der Waals surface area contributed by atoms with Gasteiger partial charge in [0, 0.05) is 0 Å². The first kappa shape index (κ1) is 15.0. The molecule has 1 atom stereocenters. The molecule has 0 radical (unpaired) electrons. The molecule has 4 heteroatoms. The molecule has 1 N–H and O–H groups in total. The van der Waals surface area contributed by atoms with Gasteiger partial charge in [-0.3, -0.25) is 0 Å². The van der Waals surface area contributed by atoms with Gasteiger partial charge in [-0.1, -0.05) is 41.4 Å². The molecule has 0 spiro atoms. The van der Waals surface area contributed by atoms with Crippen LogP contribution in [0.25, 0.3) is 0 Å². The molecule has 1 unspecified atom stereocenters. The van der Waals surface area contributed by atoms with Gasteiger partial charge in [0.1, 0.15) is 11.9 Å². The lowest BCUT2D eigenvalue weighted by Crippen LogP contribution is -2.22. The highest BCUT2D eigenvalue weighted by atomic mass is 35.5. The zero-order valence-electron chi connectivity index (χ0n) is 11.5. The van der Waals surface area contributed by atoms with Crippen molar-refractivity contribution in [1.29, 1.82) is 0 Å². The number of anilines is 1. The van der Waals surface area contributed by atoms with Gasteiger partial charge in [0.05, 0.1) is 22.3 Å². The third kappa shape index (κ3) is 4.06. The smallest absolute Gasteiger partial charge is 0.120 e. The Hall–Kier alpha value is -1.38. The quantitative estimate of drug-likeness (QED) is 0.821. The van der Waals surface area contributed by atoms with Crippen LogP contribution >= 0.6 is 23.2 Å². The molecule has 0 aliphatic rings. The van der Waals surface area contributed by atoms with Crippen LogP contribution in [0, 0.1) is 6.92 Å². The highest BCUT2D eigenvalue weighted by molar-refractivity contribution is 6.43. The second-order valence-corrected chi connectivity index (χ2v) is 5.51. The van der Waals surface area contributed by atoms with Crippen molar-refractivity contribution in [3.63, 3.8) is 0 Å². The molecule has 2 rings (SSSR count). The Labute approximate surface area is 129 Å². The van der Waals surface area contributed by atoms with Crippen molar-refractivity contribution >= 4 is 28.9 Å². The number of nitrogens with one attached hydrogen (secondary N) is 1. The molecule has 2 aromatic rings. The number of rotatable bonds is 5. The van der Waals surface area contributed by atoms with Gasteiger partial charge in [-0.2, -0.15) is 0 Å². The van der Waals surface area contributed by atoms with E-state index in [1.807, 2.05) is 50.2 Å². The maximum atomic E-state index is 6.12. The molecule has 0 aromatic heterocycles. The number of benzene rings is 2. The summed E-state index contributed by atoms with van der Waals surface area (Å²) in [6.45, 7) is 4.70. The molecule has 0 aliphatic heterocycles. The van der Waals surface area contributed by atoms with Crippen LogP contribution in [0.2, 0.25) is 10.0 Å². The Balaban J connectivity index is 1.92. The van der Waals surface area contributed by atoms with Crippen molar-refractivity contribution in [3.8, 4) is 5.75 Å². The van der Waals surface area contributed by atoms with Crippen molar-refractivity contribution in [2.24, 2.45) is 0 Å². The molecule has 0 saturated heterocycles. The zero-order valence-corrected chi connectivity index (χ0v) is 13.0. The molecule has 20 heavy (non-hydrogen) atoms. The lowest BCUT2D eigenvalue weighted by Gasteiger charge is -2.17. The van der Waals surface area contributed by atoms with Gasteiger partial charge in [-0.25, -0.2) is 0 Å². The summed E-state index contributed by atoms with van der Waals surface area (Å²) >= 11 is 12.1. The Kier molecular flexibility index (Phi) is 5.16. The van der Waals surface area contributed by atoms with Gasteiger partial charge < -0.3 is 10.1 Å². The van der Waals surface area contributed by atoms with Crippen LogP contribution in [-0.2, 0) is 0 Å². The molecule has 0 saturated carbocycles. The van der Waals surface area contributed by atoms with E-state index in [4.69, 9.17) is 27.9 Å². The summed E-state index contributed by atoms with van der Waals surface area (Å²) in [5.74, 6) is 0.872. The molecule has 2 aromatic carbocycles. The van der Waals surface area contributed by atoms with Crippen molar-refractivity contribution in [3.05, 3.63) is 58.1 Å². The fourth-order valence-corrected chi connectivity index (χ4v) is 2.22. The molecule has 0 aliphatic carbocycles. The van der Waals surface area contributed by atoms with Crippen molar-refractivity contribution in [2.45, 2.75) is 20.0 Å². The molecule has 106 valence electrons. The van der Waals surface area contributed by atoms with Crippen molar-refractivity contribution in [2.75, 3.05) is 11.9 Å². The van der Waals surface area contributed by atoms with Crippen molar-refractivity contribution in [1.82, 2.24) is 0 Å². The van der Waals surface area contributed by atoms with Crippen LogP contribution < -0.4 is 10.1 Å². The summed E-state index contributed by atoms with van der Waals surface area (Å²) < 4.78 is 5.85. The summed E-state index contributed by atoms with van der Waals surface area (Å²) in [7, 11) is 0. The van der Waals surface area contributed by atoms with Gasteiger partial charge in [0.2, 0.25) is 0 Å². The summed E-state index contributed by atoms with van der Waals surface area (Å²) in [5.41, 5.74) is 2.00. The number of hydrogen-bond acceptors (Lipinski definition) is 2. The van der Waals surface area contributed by atoms with Gasteiger partial charge in [0.25, 0.3) is 0 Å². The first-order valence-corrected chi connectivity index (χ1v) is 7.23. The molecule has 0 fully saturated rings. The van der Waals surface area contributed by atoms with Gasteiger partial charge >= 0.3 is 0 Å². The van der Waals surface area contributed by atoms with Gasteiger partial charge in [-0.05, 0) is 43.7 Å². The minimum atomic E-state index is 0.0202. The zero-order chi connectivity index (χ0) is 14.5. The fraction of sp³-hybridized carbons (Fsp3) is 0.250. The average molecular weight is 310 g/mol. The molecule has 0 heterocycles. The highest BCUT2D eigenvalue weighted by Crippen LogP contribution is 2.29. The van der Waals surface area contributed by atoms with E-state index < -0.39 is 0 Å². The topological polar surface area (TPSA) is 21.3 Å². The van der Waals surface area contributed by atoms with Crippen LogP contribution in [0.5, 0.6) is 5.75 Å². The summed E-state index contributed by atoms with van der Waals surface area (Å²) in [4.78, 5) is 0. The van der Waals surface area contributed by atoms with E-state index in [1.54, 1.807) is 6.07 Å².